The van der Waals surface area contributed by atoms with Crippen LogP contribution in [0.4, 0.5) is 17.6 Å². The highest BCUT2D eigenvalue weighted by atomic mass is 19.1. The molecule has 2 unspecified atom stereocenters. The van der Waals surface area contributed by atoms with E-state index in [2.05, 4.69) is 53.7 Å². The zero-order valence-electron chi connectivity index (χ0n) is 62.5. The van der Waals surface area contributed by atoms with E-state index in [0.29, 0.717) is 39.9 Å². The average molecular weight is 1370 g/mol. The van der Waals surface area contributed by atoms with Crippen LogP contribution in [-0.2, 0) is 10.2 Å². The molecule has 11 heteroatoms. The maximum Gasteiger partial charge on any atom is 0.343 e. The SMILES string of the molecule is CCCCCCC(C)Oc1c(F)cc(-c2ccc(C34CCC(CCC)(CC3)CC4)cc2)cc1F.CCCCCCC(C)Oc1c(F)cc(C2CCC(C3CCC(CCC)CC3)CC2)cc1F.CCCCCCOc1ccc(C(=O)Oc2ccc(C(=O)O[C@@H](C)CCCCCC)cc2)cc1. The van der Waals surface area contributed by atoms with E-state index >= 15 is 0 Å². The van der Waals surface area contributed by atoms with E-state index in [1.807, 2.05) is 32.9 Å². The molecule has 0 N–H and O–H groups in total. The van der Waals surface area contributed by atoms with Crippen LogP contribution in [0.2, 0.25) is 0 Å². The Balaban J connectivity index is 0.000000209. The van der Waals surface area contributed by atoms with Gasteiger partial charge in [0.1, 0.15) is 11.5 Å². The molecule has 3 atom stereocenters. The number of fused-ring (bicyclic) bond motifs is 3. The first-order valence-corrected chi connectivity index (χ1v) is 39.6. The molecule has 0 radical (unpaired) electrons. The third-order valence-corrected chi connectivity index (χ3v) is 22.5. The number of carbonyl (C=O) groups excluding carboxylic acids is 2. The number of benzene rings is 5. The Kier molecular flexibility index (Phi) is 34.6. The Labute approximate surface area is 595 Å². The third kappa shape index (κ3) is 25.6. The lowest BCUT2D eigenvalue weighted by Crippen LogP contribution is -2.44. The maximum atomic E-state index is 14.8. The van der Waals surface area contributed by atoms with E-state index in [0.717, 1.165) is 118 Å². The van der Waals surface area contributed by atoms with Crippen molar-refractivity contribution in [2.75, 3.05) is 6.61 Å². The monoisotopic (exact) mass is 1370 g/mol. The standard InChI is InChI=1S/C31H42F2O.C29H46F2O.C28H38O5/c1-4-6-7-8-9-23(3)34-29-27(32)21-25(22-28(29)33)24-10-12-26(13-11-24)31-18-15-30(14-5-2,16-19-31)17-20-31;1-4-6-7-8-10-21(3)32-29-27(30)19-26(20-28(29)31)25-17-15-24(16-18-25)23-13-11-22(9-5-2)12-14-23;1-4-6-8-10-12-22(3)32-27(29)23-15-19-26(20-16-23)33-28(30)24-13-17-25(18-14-24)31-21-11-9-7-5-2/h10-13,21-23H,4-9,14-20H2,1-3H3;19-25H,4-18H2,1-3H3;13-20,22H,4-12,21H2,1-3H3/t;;22-/m..0/s1. The summed E-state index contributed by atoms with van der Waals surface area (Å²) in [5.41, 5.74) is 5.43. The van der Waals surface area contributed by atoms with Crippen LogP contribution in [-0.4, -0.2) is 36.9 Å². The van der Waals surface area contributed by atoms with Gasteiger partial charge in [0, 0.05) is 0 Å². The minimum atomic E-state index is -0.620. The van der Waals surface area contributed by atoms with E-state index in [4.69, 9.17) is 23.7 Å². The van der Waals surface area contributed by atoms with Crippen molar-refractivity contribution >= 4 is 11.9 Å². The van der Waals surface area contributed by atoms with Crippen molar-refractivity contribution in [3.63, 3.8) is 0 Å². The number of carbonyl (C=O) groups is 2. The lowest BCUT2D eigenvalue weighted by Gasteiger charge is -2.54. The van der Waals surface area contributed by atoms with Gasteiger partial charge in [0.05, 0.1) is 36.0 Å². The predicted molar refractivity (Wildman–Crippen MR) is 399 cm³/mol. The molecule has 5 aromatic rings. The van der Waals surface area contributed by atoms with Gasteiger partial charge >= 0.3 is 11.9 Å². The summed E-state index contributed by atoms with van der Waals surface area (Å²) < 4.78 is 87.2. The lowest BCUT2D eigenvalue weighted by molar-refractivity contribution is 0.0318. The van der Waals surface area contributed by atoms with Crippen LogP contribution in [0.1, 0.15) is 338 Å². The zero-order chi connectivity index (χ0) is 71.0. The lowest BCUT2D eigenvalue weighted by atomic mass is 9.51. The van der Waals surface area contributed by atoms with Gasteiger partial charge in [0.25, 0.3) is 0 Å². The van der Waals surface area contributed by atoms with Gasteiger partial charge in [-0.05, 0) is 279 Å². The molecular formula is C88H126F4O7. The molecule has 5 aliphatic rings. The molecule has 5 fully saturated rings. The Bertz CT molecular complexity index is 3040. The van der Waals surface area contributed by atoms with E-state index in [9.17, 15) is 27.2 Å². The van der Waals surface area contributed by atoms with Gasteiger partial charge in [-0.15, -0.1) is 0 Å². The summed E-state index contributed by atoms with van der Waals surface area (Å²) in [5, 5.41) is 0. The van der Waals surface area contributed by atoms with Gasteiger partial charge < -0.3 is 23.7 Å². The van der Waals surface area contributed by atoms with E-state index < -0.39 is 29.2 Å². The van der Waals surface area contributed by atoms with Crippen LogP contribution in [0.25, 0.3) is 11.1 Å². The van der Waals surface area contributed by atoms with Crippen molar-refractivity contribution in [1.82, 2.24) is 0 Å². The summed E-state index contributed by atoms with van der Waals surface area (Å²) in [4.78, 5) is 24.7. The van der Waals surface area contributed by atoms with Crippen molar-refractivity contribution in [2.45, 2.75) is 330 Å². The molecule has 548 valence electrons. The Morgan fingerprint density at radius 2 is 0.889 bits per heavy atom. The third-order valence-electron chi connectivity index (χ3n) is 22.5. The molecule has 2 bridgehead atoms. The molecule has 5 aromatic carbocycles. The van der Waals surface area contributed by atoms with Crippen LogP contribution in [0, 0.1) is 46.4 Å². The second kappa shape index (κ2) is 42.6. The summed E-state index contributed by atoms with van der Waals surface area (Å²) in [7, 11) is 0. The van der Waals surface area contributed by atoms with Gasteiger partial charge in [0.15, 0.2) is 34.8 Å². The van der Waals surface area contributed by atoms with Crippen LogP contribution >= 0.6 is 0 Å². The zero-order valence-corrected chi connectivity index (χ0v) is 62.5. The van der Waals surface area contributed by atoms with Crippen LogP contribution < -0.4 is 18.9 Å². The molecule has 0 heterocycles. The number of ether oxygens (including phenoxy) is 5. The molecule has 0 aliphatic heterocycles. The Morgan fingerprint density at radius 1 is 0.444 bits per heavy atom. The Hall–Kier alpha value is -5.84. The van der Waals surface area contributed by atoms with Gasteiger partial charge in [-0.2, -0.15) is 0 Å². The molecule has 5 saturated carbocycles. The largest absolute Gasteiger partial charge is 0.494 e. The fourth-order valence-electron chi connectivity index (χ4n) is 16.3. The highest BCUT2D eigenvalue weighted by Crippen LogP contribution is 2.59. The van der Waals surface area contributed by atoms with Crippen molar-refractivity contribution in [1.29, 1.82) is 0 Å². The van der Waals surface area contributed by atoms with Crippen LogP contribution in [0.3, 0.4) is 0 Å². The van der Waals surface area contributed by atoms with Gasteiger partial charge in [0.2, 0.25) is 0 Å². The van der Waals surface area contributed by atoms with Gasteiger partial charge in [-0.3, -0.25) is 0 Å². The number of hydrogen-bond acceptors (Lipinski definition) is 7. The van der Waals surface area contributed by atoms with Crippen molar-refractivity contribution in [3.05, 3.63) is 143 Å². The van der Waals surface area contributed by atoms with E-state index in [-0.39, 0.29) is 41.7 Å². The Morgan fingerprint density at radius 3 is 1.36 bits per heavy atom. The quantitative estimate of drug-likeness (QED) is 0.0170. The number of halogens is 4. The molecule has 0 spiro atoms. The summed E-state index contributed by atoms with van der Waals surface area (Å²) >= 11 is 0. The highest BCUT2D eigenvalue weighted by molar-refractivity contribution is 5.92. The van der Waals surface area contributed by atoms with Gasteiger partial charge in [-0.1, -0.05) is 175 Å². The smallest absolute Gasteiger partial charge is 0.343 e. The van der Waals surface area contributed by atoms with Gasteiger partial charge in [-0.25, -0.2) is 27.2 Å². The molecule has 0 saturated heterocycles. The summed E-state index contributed by atoms with van der Waals surface area (Å²) in [6, 6.07) is 27.8. The minimum absolute atomic E-state index is 0.116. The summed E-state index contributed by atoms with van der Waals surface area (Å²) in [6.07, 6.45) is 43.7. The molecule has 10 rings (SSSR count). The van der Waals surface area contributed by atoms with E-state index in [1.165, 1.54) is 172 Å². The maximum absolute atomic E-state index is 14.8. The molecular weight excluding hydrogens is 1240 g/mol. The normalized spacial score (nSPS) is 21.2. The van der Waals surface area contributed by atoms with Crippen LogP contribution in [0.15, 0.2) is 97.1 Å². The number of hydrogen-bond donors (Lipinski definition) is 0. The molecule has 5 aliphatic carbocycles. The molecule has 99 heavy (non-hydrogen) atoms. The fourth-order valence-corrected chi connectivity index (χ4v) is 16.3. The average Bonchev–Trinajstić information content (AvgIpc) is 0.748. The fraction of sp³-hybridized carbons (Fsp3) is 0.636. The van der Waals surface area contributed by atoms with Crippen molar-refractivity contribution in [3.8, 4) is 34.1 Å². The minimum Gasteiger partial charge on any atom is -0.494 e. The second-order valence-corrected chi connectivity index (χ2v) is 30.3. The molecule has 0 amide bonds. The topological polar surface area (TPSA) is 80.3 Å². The molecule has 7 nitrogen and oxygen atoms in total. The first-order valence-electron chi connectivity index (χ1n) is 39.6. The summed E-state index contributed by atoms with van der Waals surface area (Å²) in [6.45, 7) is 19.7. The second-order valence-electron chi connectivity index (χ2n) is 30.3. The van der Waals surface area contributed by atoms with E-state index in [1.54, 1.807) is 60.7 Å². The first-order chi connectivity index (χ1) is 47.9. The molecule has 0 aromatic heterocycles. The van der Waals surface area contributed by atoms with Crippen LogP contribution in [0.5, 0.6) is 23.0 Å². The highest BCUT2D eigenvalue weighted by Gasteiger charge is 2.48. The summed E-state index contributed by atoms with van der Waals surface area (Å²) in [5.74, 6) is 0.504. The number of esters is 2. The number of unbranched alkanes of at least 4 members (excludes halogenated alkanes) is 12. The predicted octanol–water partition coefficient (Wildman–Crippen LogP) is 26.7. The first kappa shape index (κ1) is 80.5. The number of rotatable bonds is 37. The van der Waals surface area contributed by atoms with Crippen molar-refractivity contribution < 1.29 is 50.8 Å². The van der Waals surface area contributed by atoms with Crippen molar-refractivity contribution in [2.24, 2.45) is 23.2 Å².